The van der Waals surface area contributed by atoms with Gasteiger partial charge in [0.1, 0.15) is 0 Å². The van der Waals surface area contributed by atoms with Crippen molar-refractivity contribution < 1.29 is 0 Å². The maximum absolute atomic E-state index is 3.46. The van der Waals surface area contributed by atoms with Crippen LogP contribution >= 0.6 is 31.9 Å². The van der Waals surface area contributed by atoms with E-state index in [4.69, 9.17) is 0 Å². The molecule has 0 atom stereocenters. The largest absolute Gasteiger partial charge is 0.0777 e. The molecule has 0 spiro atoms. The van der Waals surface area contributed by atoms with Gasteiger partial charge in [-0.2, -0.15) is 0 Å². The van der Waals surface area contributed by atoms with Crippen molar-refractivity contribution in [3.05, 3.63) is 0 Å². The quantitative estimate of drug-likeness (QED) is 0.638. The summed E-state index contributed by atoms with van der Waals surface area (Å²) >= 11 is 6.91. The van der Waals surface area contributed by atoms with E-state index in [2.05, 4.69) is 45.7 Å². The Morgan fingerprint density at radius 2 is 1.86 bits per heavy atom. The number of halogens is 2. The van der Waals surface area contributed by atoms with Crippen LogP contribution in [0.15, 0.2) is 0 Å². The average Bonchev–Trinajstić information content (AvgIpc) is 1.30. The average molecular weight is 230 g/mol. The van der Waals surface area contributed by atoms with Gasteiger partial charge in [0.15, 0.2) is 0 Å². The van der Waals surface area contributed by atoms with Gasteiger partial charge in [0.2, 0.25) is 0 Å². The first-order chi connectivity index (χ1) is 3.06. The molecule has 0 saturated carbocycles. The topological polar surface area (TPSA) is 0 Å². The smallest absolute Gasteiger partial charge is 0.0730 e. The highest BCUT2D eigenvalue weighted by atomic mass is 79.9. The molecule has 0 aromatic carbocycles. The minimum Gasteiger partial charge on any atom is -0.0730 e. The summed E-state index contributed by atoms with van der Waals surface area (Å²) in [5.41, 5.74) is 0. The van der Waals surface area contributed by atoms with Crippen LogP contribution < -0.4 is 0 Å². The third kappa shape index (κ3) is 6.96. The van der Waals surface area contributed by atoms with Gasteiger partial charge >= 0.3 is 0 Å². The molecule has 0 aliphatic rings. The number of alkyl halides is 2. The van der Waals surface area contributed by atoms with E-state index in [-0.39, 0.29) is 3.23 Å². The van der Waals surface area contributed by atoms with Gasteiger partial charge < -0.3 is 0 Å². The minimum absolute atomic E-state index is 0.175. The number of hydrogen-bond acceptors (Lipinski definition) is 0. The van der Waals surface area contributed by atoms with Gasteiger partial charge in [0.25, 0.3) is 0 Å². The third-order valence-electron chi connectivity index (χ3n) is 0.689. The standard InChI is InChI=1S/C5H10Br2/c1-3-4-5(2,6)7/h3-4H2,1-2H3. The molecule has 44 valence electrons. The molecule has 0 radical (unpaired) electrons. The van der Waals surface area contributed by atoms with Gasteiger partial charge in [-0.3, -0.25) is 0 Å². The summed E-state index contributed by atoms with van der Waals surface area (Å²) in [6, 6.07) is 0. The molecule has 2 heteroatoms. The van der Waals surface area contributed by atoms with Crippen LogP contribution in [-0.2, 0) is 0 Å². The summed E-state index contributed by atoms with van der Waals surface area (Å²) in [5.74, 6) is 0. The van der Waals surface area contributed by atoms with E-state index in [1.54, 1.807) is 0 Å². The highest BCUT2D eigenvalue weighted by Gasteiger charge is 2.11. The zero-order chi connectivity index (χ0) is 5.91. The van der Waals surface area contributed by atoms with Crippen LogP contribution in [0.25, 0.3) is 0 Å². The van der Waals surface area contributed by atoms with Crippen LogP contribution in [-0.4, -0.2) is 3.23 Å². The van der Waals surface area contributed by atoms with Gasteiger partial charge in [0.05, 0.1) is 3.23 Å². The lowest BCUT2D eigenvalue weighted by Crippen LogP contribution is -2.01. The Bertz CT molecular complexity index is 44.5. The lowest BCUT2D eigenvalue weighted by Gasteiger charge is -2.10. The van der Waals surface area contributed by atoms with Gasteiger partial charge in [-0.1, -0.05) is 45.2 Å². The van der Waals surface area contributed by atoms with Crippen molar-refractivity contribution in [3.63, 3.8) is 0 Å². The summed E-state index contributed by atoms with van der Waals surface area (Å²) in [6.07, 6.45) is 2.39. The highest BCUT2D eigenvalue weighted by Crippen LogP contribution is 2.29. The van der Waals surface area contributed by atoms with E-state index in [1.165, 1.54) is 12.8 Å². The Labute approximate surface area is 61.9 Å². The molecule has 0 unspecified atom stereocenters. The van der Waals surface area contributed by atoms with Crippen molar-refractivity contribution in [1.29, 1.82) is 0 Å². The van der Waals surface area contributed by atoms with Crippen LogP contribution in [0.2, 0.25) is 0 Å². The lowest BCUT2D eigenvalue weighted by molar-refractivity contribution is 0.768. The summed E-state index contributed by atoms with van der Waals surface area (Å²) in [4.78, 5) is 0. The van der Waals surface area contributed by atoms with Gasteiger partial charge in [-0.05, 0) is 13.3 Å². The maximum Gasteiger partial charge on any atom is 0.0777 e. The Balaban J connectivity index is 3.15. The molecule has 0 aromatic rings. The fraction of sp³-hybridized carbons (Fsp3) is 1.00. The van der Waals surface area contributed by atoms with E-state index in [0.29, 0.717) is 0 Å². The van der Waals surface area contributed by atoms with E-state index < -0.39 is 0 Å². The summed E-state index contributed by atoms with van der Waals surface area (Å²) in [7, 11) is 0. The first-order valence-electron chi connectivity index (χ1n) is 2.44. The zero-order valence-electron chi connectivity index (χ0n) is 4.67. The molecule has 0 fully saturated rings. The highest BCUT2D eigenvalue weighted by molar-refractivity contribution is 9.25. The van der Waals surface area contributed by atoms with E-state index in [0.717, 1.165) is 0 Å². The molecule has 0 aromatic heterocycles. The van der Waals surface area contributed by atoms with E-state index in [1.807, 2.05) is 0 Å². The van der Waals surface area contributed by atoms with Crippen LogP contribution in [0.3, 0.4) is 0 Å². The number of rotatable bonds is 2. The SMILES string of the molecule is CCCC(C)(Br)Br. The maximum atomic E-state index is 3.46. The first-order valence-corrected chi connectivity index (χ1v) is 4.02. The van der Waals surface area contributed by atoms with Gasteiger partial charge in [-0.25, -0.2) is 0 Å². The summed E-state index contributed by atoms with van der Waals surface area (Å²) in [5, 5.41) is 0. The summed E-state index contributed by atoms with van der Waals surface area (Å²) in [6.45, 7) is 4.28. The van der Waals surface area contributed by atoms with Crippen molar-refractivity contribution in [2.24, 2.45) is 0 Å². The Kier molecular flexibility index (Phi) is 3.50. The van der Waals surface area contributed by atoms with Crippen molar-refractivity contribution in [1.82, 2.24) is 0 Å². The molecule has 0 aliphatic carbocycles. The van der Waals surface area contributed by atoms with Crippen molar-refractivity contribution >= 4 is 31.9 Å². The molecule has 0 heterocycles. The summed E-state index contributed by atoms with van der Waals surface area (Å²) < 4.78 is 0.175. The molecule has 0 aliphatic heterocycles. The lowest BCUT2D eigenvalue weighted by atomic mass is 10.3. The Morgan fingerprint density at radius 1 is 1.43 bits per heavy atom. The van der Waals surface area contributed by atoms with Crippen molar-refractivity contribution in [2.75, 3.05) is 0 Å². The second-order valence-corrected chi connectivity index (χ2v) is 6.38. The fourth-order valence-electron chi connectivity index (χ4n) is 0.439. The Morgan fingerprint density at radius 3 is 1.86 bits per heavy atom. The van der Waals surface area contributed by atoms with Crippen molar-refractivity contribution in [3.8, 4) is 0 Å². The Hall–Kier alpha value is 0.960. The van der Waals surface area contributed by atoms with E-state index >= 15 is 0 Å². The van der Waals surface area contributed by atoms with E-state index in [9.17, 15) is 0 Å². The first kappa shape index (κ1) is 7.96. The fourth-order valence-corrected chi connectivity index (χ4v) is 1.23. The van der Waals surface area contributed by atoms with Crippen LogP contribution in [0, 0.1) is 0 Å². The molecule has 0 saturated heterocycles. The monoisotopic (exact) mass is 228 g/mol. The number of hydrogen-bond donors (Lipinski definition) is 0. The van der Waals surface area contributed by atoms with Crippen LogP contribution in [0.4, 0.5) is 0 Å². The molecular formula is C5H10Br2. The minimum atomic E-state index is 0.175. The molecule has 7 heavy (non-hydrogen) atoms. The normalized spacial score (nSPS) is 12.0. The third-order valence-corrected chi connectivity index (χ3v) is 1.48. The van der Waals surface area contributed by atoms with Crippen molar-refractivity contribution in [2.45, 2.75) is 29.9 Å². The molecule has 0 nitrogen and oxygen atoms in total. The second kappa shape index (κ2) is 3.08. The second-order valence-electron chi connectivity index (χ2n) is 1.82. The predicted octanol–water partition coefficient (Wildman–Crippen LogP) is 3.29. The zero-order valence-corrected chi connectivity index (χ0v) is 7.84. The van der Waals surface area contributed by atoms with Crippen LogP contribution in [0.1, 0.15) is 26.7 Å². The predicted molar refractivity (Wildman–Crippen MR) is 41.2 cm³/mol. The molecule has 0 rings (SSSR count). The van der Waals surface area contributed by atoms with Gasteiger partial charge in [-0.15, -0.1) is 0 Å². The van der Waals surface area contributed by atoms with Gasteiger partial charge in [0, 0.05) is 0 Å². The molecule has 0 bridgehead atoms. The molecule has 0 amide bonds. The van der Waals surface area contributed by atoms with Crippen LogP contribution in [0.5, 0.6) is 0 Å². The molecular weight excluding hydrogens is 220 g/mol. The molecule has 0 N–H and O–H groups in total.